The Kier molecular flexibility index (Phi) is 13.0. The Balaban J connectivity index is 1.10. The van der Waals surface area contributed by atoms with Crippen LogP contribution in [0.25, 0.3) is 11.1 Å². The minimum atomic E-state index is -0.808. The first-order valence-electron chi connectivity index (χ1n) is 18.0. The minimum absolute atomic E-state index is 0.00178. The Labute approximate surface area is 311 Å². The summed E-state index contributed by atoms with van der Waals surface area (Å²) >= 11 is 0. The molecule has 9 heteroatoms. The lowest BCUT2D eigenvalue weighted by molar-refractivity contribution is -0.252. The van der Waals surface area contributed by atoms with Crippen molar-refractivity contribution in [3.05, 3.63) is 167 Å². The molecule has 0 aromatic heterocycles. The maximum Gasteiger partial charge on any atom is 0.328 e. The molecule has 1 aliphatic rings. The van der Waals surface area contributed by atoms with Crippen LogP contribution in [0.1, 0.15) is 52.2 Å². The molecular formula is C44H47N3O6. The number of aliphatic hydroxyl groups is 1. The van der Waals surface area contributed by atoms with Gasteiger partial charge in [-0.25, -0.2) is 9.59 Å². The fourth-order valence-electron chi connectivity index (χ4n) is 6.61. The van der Waals surface area contributed by atoms with E-state index in [1.165, 1.54) is 12.7 Å². The number of methoxy groups -OCH3 is 1. The highest BCUT2D eigenvalue weighted by molar-refractivity contribution is 5.83. The summed E-state index contributed by atoms with van der Waals surface area (Å²) in [6.07, 6.45) is 0.251. The first kappa shape index (κ1) is 37.4. The van der Waals surface area contributed by atoms with Crippen LogP contribution in [0.4, 0.5) is 4.79 Å². The van der Waals surface area contributed by atoms with Crippen LogP contribution in [-0.4, -0.2) is 54.9 Å². The van der Waals surface area contributed by atoms with Crippen LogP contribution >= 0.6 is 0 Å². The van der Waals surface area contributed by atoms with Crippen molar-refractivity contribution in [2.45, 2.75) is 57.1 Å². The highest BCUT2D eigenvalue weighted by Gasteiger charge is 2.33. The Morgan fingerprint density at radius 3 is 2.11 bits per heavy atom. The van der Waals surface area contributed by atoms with Gasteiger partial charge in [0.25, 0.3) is 0 Å². The molecule has 4 unspecified atom stereocenters. The number of carbonyl (C=O) groups excluding carboxylic acids is 2. The maximum atomic E-state index is 12.8. The van der Waals surface area contributed by atoms with E-state index in [1.807, 2.05) is 97.1 Å². The summed E-state index contributed by atoms with van der Waals surface area (Å²) in [5.74, 6) is -0.503. The van der Waals surface area contributed by atoms with Gasteiger partial charge < -0.3 is 30.0 Å². The zero-order valence-electron chi connectivity index (χ0n) is 30.2. The molecule has 4 atom stereocenters. The quantitative estimate of drug-likeness (QED) is 0.105. The highest BCUT2D eigenvalue weighted by atomic mass is 16.7. The number of ether oxygens (including phenoxy) is 3. The van der Waals surface area contributed by atoms with E-state index in [0.717, 1.165) is 52.0 Å². The third-order valence-corrected chi connectivity index (χ3v) is 9.40. The van der Waals surface area contributed by atoms with Gasteiger partial charge in [-0.2, -0.15) is 0 Å². The Hall–Kier alpha value is -5.32. The molecule has 0 aliphatic carbocycles. The van der Waals surface area contributed by atoms with Crippen LogP contribution in [0.5, 0.6) is 0 Å². The van der Waals surface area contributed by atoms with Crippen molar-refractivity contribution in [2.24, 2.45) is 0 Å². The number of likely N-dealkylation sites (N-methyl/N-ethyl adjacent to an activating group) is 1. The number of hydrogen-bond acceptors (Lipinski definition) is 7. The average molecular weight is 714 g/mol. The molecule has 9 nitrogen and oxygen atoms in total. The SMILES string of the molecule is COC(=O)C(Cc1ccccc1)NC(=O)NCc1cccc(-c2ccc(C3OC(CN(C)Cc4ccccc4)CC(c4ccc(CO)cc4)O3)cc2)c1. The summed E-state index contributed by atoms with van der Waals surface area (Å²) in [5.41, 5.74) is 7.94. The van der Waals surface area contributed by atoms with E-state index in [2.05, 4.69) is 59.0 Å². The summed E-state index contributed by atoms with van der Waals surface area (Å²) in [6, 6.07) is 42.8. The molecule has 0 spiro atoms. The normalized spacial score (nSPS) is 17.5. The van der Waals surface area contributed by atoms with Crippen LogP contribution in [0.2, 0.25) is 0 Å². The smallest absolute Gasteiger partial charge is 0.328 e. The van der Waals surface area contributed by atoms with E-state index in [1.54, 1.807) is 0 Å². The second kappa shape index (κ2) is 18.4. The Morgan fingerprint density at radius 1 is 0.774 bits per heavy atom. The molecule has 53 heavy (non-hydrogen) atoms. The van der Waals surface area contributed by atoms with Crippen LogP contribution < -0.4 is 10.6 Å². The van der Waals surface area contributed by atoms with Gasteiger partial charge >= 0.3 is 12.0 Å². The highest BCUT2D eigenvalue weighted by Crippen LogP contribution is 2.38. The second-order valence-corrected chi connectivity index (χ2v) is 13.4. The number of nitrogens with zero attached hydrogens (tertiary/aromatic N) is 1. The lowest BCUT2D eigenvalue weighted by atomic mass is 9.99. The first-order valence-corrected chi connectivity index (χ1v) is 18.0. The van der Waals surface area contributed by atoms with Crippen LogP contribution in [0, 0.1) is 0 Å². The van der Waals surface area contributed by atoms with Crippen molar-refractivity contribution in [1.82, 2.24) is 15.5 Å². The minimum Gasteiger partial charge on any atom is -0.467 e. The molecule has 5 aromatic carbocycles. The van der Waals surface area contributed by atoms with Gasteiger partial charge in [-0.3, -0.25) is 4.90 Å². The molecule has 0 bridgehead atoms. The monoisotopic (exact) mass is 713 g/mol. The van der Waals surface area contributed by atoms with E-state index in [4.69, 9.17) is 14.2 Å². The van der Waals surface area contributed by atoms with Gasteiger partial charge in [-0.05, 0) is 52.1 Å². The molecule has 6 rings (SSSR count). The lowest BCUT2D eigenvalue weighted by Gasteiger charge is -2.38. The Morgan fingerprint density at radius 2 is 1.43 bits per heavy atom. The topological polar surface area (TPSA) is 109 Å². The van der Waals surface area contributed by atoms with Crippen LogP contribution in [-0.2, 0) is 45.1 Å². The third kappa shape index (κ3) is 10.6. The number of benzene rings is 5. The van der Waals surface area contributed by atoms with E-state index in [0.29, 0.717) is 12.8 Å². The number of aliphatic hydroxyl groups excluding tert-OH is 1. The predicted octanol–water partition coefficient (Wildman–Crippen LogP) is 7.11. The van der Waals surface area contributed by atoms with Crippen molar-refractivity contribution in [3.63, 3.8) is 0 Å². The van der Waals surface area contributed by atoms with Crippen molar-refractivity contribution >= 4 is 12.0 Å². The molecule has 5 aromatic rings. The van der Waals surface area contributed by atoms with Gasteiger partial charge in [0.15, 0.2) is 6.29 Å². The van der Waals surface area contributed by atoms with Crippen molar-refractivity contribution in [2.75, 3.05) is 20.7 Å². The lowest BCUT2D eigenvalue weighted by Crippen LogP contribution is -2.47. The van der Waals surface area contributed by atoms with E-state index in [-0.39, 0.29) is 25.4 Å². The predicted molar refractivity (Wildman–Crippen MR) is 204 cm³/mol. The molecule has 3 N–H and O–H groups in total. The van der Waals surface area contributed by atoms with E-state index in [9.17, 15) is 14.7 Å². The number of carbonyl (C=O) groups is 2. The van der Waals surface area contributed by atoms with Gasteiger partial charge in [-0.15, -0.1) is 0 Å². The number of urea groups is 1. The number of amides is 2. The van der Waals surface area contributed by atoms with Crippen LogP contribution in [0.3, 0.4) is 0 Å². The largest absolute Gasteiger partial charge is 0.467 e. The zero-order valence-corrected chi connectivity index (χ0v) is 30.2. The molecular weight excluding hydrogens is 666 g/mol. The molecule has 274 valence electrons. The van der Waals surface area contributed by atoms with Gasteiger partial charge in [0.05, 0.1) is 25.9 Å². The van der Waals surface area contributed by atoms with Gasteiger partial charge in [-0.1, -0.05) is 127 Å². The summed E-state index contributed by atoms with van der Waals surface area (Å²) in [4.78, 5) is 27.5. The summed E-state index contributed by atoms with van der Waals surface area (Å²) in [7, 11) is 3.43. The number of hydrogen-bond donors (Lipinski definition) is 3. The fourth-order valence-corrected chi connectivity index (χ4v) is 6.61. The number of nitrogens with one attached hydrogen (secondary N) is 2. The zero-order chi connectivity index (χ0) is 37.0. The Bertz CT molecular complexity index is 1900. The number of rotatable bonds is 14. The summed E-state index contributed by atoms with van der Waals surface area (Å²) in [5, 5.41) is 15.2. The standard InChI is InChI=1S/C44H47N3O6/c1-47(28-32-12-7-4-8-13-32)29-39-26-41(36-18-16-33(30-48)17-19-36)53-43(52-39)37-22-20-35(21-23-37)38-15-9-14-34(24-38)27-45-44(50)46-40(42(49)51-2)25-31-10-5-3-6-11-31/h3-24,39-41,43,48H,25-30H2,1-2H3,(H2,45,46,50). The van der Waals surface area contributed by atoms with Gasteiger partial charge in [0.1, 0.15) is 6.04 Å². The third-order valence-electron chi connectivity index (χ3n) is 9.40. The second-order valence-electron chi connectivity index (χ2n) is 13.4. The molecule has 1 aliphatic heterocycles. The van der Waals surface area contributed by atoms with Gasteiger partial charge in [0, 0.05) is 38.0 Å². The molecule has 1 fully saturated rings. The molecule has 2 amide bonds. The maximum absolute atomic E-state index is 12.8. The van der Waals surface area contributed by atoms with Crippen molar-refractivity contribution in [1.29, 1.82) is 0 Å². The van der Waals surface area contributed by atoms with Crippen molar-refractivity contribution < 1.29 is 28.9 Å². The average Bonchev–Trinajstić information content (AvgIpc) is 3.20. The van der Waals surface area contributed by atoms with E-state index >= 15 is 0 Å². The molecule has 0 saturated carbocycles. The molecule has 1 heterocycles. The first-order chi connectivity index (χ1) is 25.9. The fraction of sp³-hybridized carbons (Fsp3) is 0.273. The summed E-state index contributed by atoms with van der Waals surface area (Å²) < 4.78 is 18.1. The summed E-state index contributed by atoms with van der Waals surface area (Å²) in [6.45, 7) is 1.84. The number of esters is 1. The van der Waals surface area contributed by atoms with Crippen LogP contribution in [0.15, 0.2) is 133 Å². The molecule has 0 radical (unpaired) electrons. The van der Waals surface area contributed by atoms with E-state index < -0.39 is 24.3 Å². The molecule has 1 saturated heterocycles. The van der Waals surface area contributed by atoms with Crippen molar-refractivity contribution in [3.8, 4) is 11.1 Å². The van der Waals surface area contributed by atoms with Gasteiger partial charge in [0.2, 0.25) is 0 Å².